The second kappa shape index (κ2) is 10.0. The first-order valence-electron chi connectivity index (χ1n) is 11.6. The van der Waals surface area contributed by atoms with E-state index in [4.69, 9.17) is 0 Å². The van der Waals surface area contributed by atoms with Crippen LogP contribution in [0.25, 0.3) is 22.0 Å². The quantitative estimate of drug-likeness (QED) is 0.349. The van der Waals surface area contributed by atoms with E-state index in [0.29, 0.717) is 35.0 Å². The summed E-state index contributed by atoms with van der Waals surface area (Å²) in [6.45, 7) is 3.17. The van der Waals surface area contributed by atoms with Crippen LogP contribution in [-0.2, 0) is 17.8 Å². The number of nitrogens with zero attached hydrogens (tertiary/aromatic N) is 2. The summed E-state index contributed by atoms with van der Waals surface area (Å²) in [5.74, 6) is -2.13. The molecular weight excluding hydrogens is 458 g/mol. The minimum absolute atomic E-state index is 0.147. The molecule has 0 aliphatic carbocycles. The number of aryl methyl sites for hydroxylation is 2. The summed E-state index contributed by atoms with van der Waals surface area (Å²) in [6.07, 6.45) is 1.98. The number of carboxylic acid groups (broad SMARTS) is 1. The summed E-state index contributed by atoms with van der Waals surface area (Å²) in [7, 11) is 0. The molecule has 0 saturated heterocycles. The van der Waals surface area contributed by atoms with Gasteiger partial charge in [0, 0.05) is 24.0 Å². The number of benzene rings is 2. The third-order valence-corrected chi connectivity index (χ3v) is 6.16. The van der Waals surface area contributed by atoms with Gasteiger partial charge in [0.1, 0.15) is 0 Å². The van der Waals surface area contributed by atoms with Crippen LogP contribution in [0.2, 0.25) is 0 Å². The first kappa shape index (κ1) is 24.7. The first-order valence-corrected chi connectivity index (χ1v) is 11.6. The van der Waals surface area contributed by atoms with Crippen LogP contribution in [-0.4, -0.2) is 38.2 Å². The van der Waals surface area contributed by atoms with Crippen molar-refractivity contribution in [2.45, 2.75) is 26.8 Å². The molecule has 0 aliphatic heterocycles. The number of carbonyl (C=O) groups excluding carboxylic acids is 1. The van der Waals surface area contributed by atoms with Gasteiger partial charge < -0.3 is 20.1 Å². The van der Waals surface area contributed by atoms with E-state index in [0.717, 1.165) is 5.56 Å². The number of nitrogens with one attached hydrogen (secondary N) is 1. The van der Waals surface area contributed by atoms with Crippen LogP contribution >= 0.6 is 0 Å². The molecule has 2 heterocycles. The number of amides is 1. The highest BCUT2D eigenvalue weighted by Crippen LogP contribution is 2.30. The SMILES string of the molecule is CC(C)(CNC(=O)c1ncc2c(cc(-c3ccccc3)c(=O)n2CCc2ccccc2)c1O)C(=O)O. The lowest BCUT2D eigenvalue weighted by Crippen LogP contribution is -2.39. The molecule has 1 amide bonds. The third kappa shape index (κ3) is 4.98. The Labute approximate surface area is 207 Å². The molecule has 0 fully saturated rings. The van der Waals surface area contributed by atoms with Crippen LogP contribution in [0.15, 0.2) is 77.7 Å². The van der Waals surface area contributed by atoms with E-state index in [1.807, 2.05) is 60.7 Å². The van der Waals surface area contributed by atoms with E-state index >= 15 is 0 Å². The molecule has 3 N–H and O–H groups in total. The van der Waals surface area contributed by atoms with Crippen molar-refractivity contribution >= 4 is 22.8 Å². The molecule has 0 atom stereocenters. The number of aromatic hydroxyl groups is 1. The van der Waals surface area contributed by atoms with E-state index in [-0.39, 0.29) is 23.5 Å². The molecule has 2 aromatic carbocycles. The molecule has 0 spiro atoms. The molecule has 4 aromatic rings. The predicted octanol–water partition coefficient (Wildman–Crippen LogP) is 3.85. The largest absolute Gasteiger partial charge is 0.505 e. The second-order valence-electron chi connectivity index (χ2n) is 9.24. The van der Waals surface area contributed by atoms with Crippen molar-refractivity contribution in [2.24, 2.45) is 5.41 Å². The Morgan fingerprint density at radius 1 is 1.03 bits per heavy atom. The highest BCUT2D eigenvalue weighted by atomic mass is 16.4. The molecule has 0 bridgehead atoms. The Hall–Kier alpha value is -4.46. The number of pyridine rings is 2. The Kier molecular flexibility index (Phi) is 6.87. The molecule has 184 valence electrons. The summed E-state index contributed by atoms with van der Waals surface area (Å²) in [5, 5.41) is 23.2. The van der Waals surface area contributed by atoms with Gasteiger partial charge in [-0.25, -0.2) is 4.98 Å². The van der Waals surface area contributed by atoms with Gasteiger partial charge in [-0.3, -0.25) is 14.4 Å². The van der Waals surface area contributed by atoms with Crippen molar-refractivity contribution in [3.63, 3.8) is 0 Å². The van der Waals surface area contributed by atoms with Crippen molar-refractivity contribution in [1.82, 2.24) is 14.9 Å². The zero-order valence-electron chi connectivity index (χ0n) is 20.1. The topological polar surface area (TPSA) is 122 Å². The predicted molar refractivity (Wildman–Crippen MR) is 137 cm³/mol. The van der Waals surface area contributed by atoms with Gasteiger partial charge in [-0.2, -0.15) is 0 Å². The number of carbonyl (C=O) groups is 2. The number of fused-ring (bicyclic) bond motifs is 1. The average molecular weight is 486 g/mol. The zero-order valence-corrected chi connectivity index (χ0v) is 20.1. The number of rotatable bonds is 8. The van der Waals surface area contributed by atoms with Gasteiger partial charge in [-0.05, 0) is 37.5 Å². The van der Waals surface area contributed by atoms with Crippen LogP contribution < -0.4 is 10.9 Å². The average Bonchev–Trinajstić information content (AvgIpc) is 2.88. The Morgan fingerprint density at radius 2 is 1.67 bits per heavy atom. The molecule has 0 saturated carbocycles. The number of hydrogen-bond donors (Lipinski definition) is 3. The molecule has 0 aliphatic rings. The summed E-state index contributed by atoms with van der Waals surface area (Å²) in [6, 6.07) is 20.4. The lowest BCUT2D eigenvalue weighted by Gasteiger charge is -2.20. The van der Waals surface area contributed by atoms with Crippen LogP contribution in [0.5, 0.6) is 5.75 Å². The van der Waals surface area contributed by atoms with E-state index in [2.05, 4.69) is 10.3 Å². The zero-order chi connectivity index (χ0) is 25.9. The minimum atomic E-state index is -1.19. The van der Waals surface area contributed by atoms with Crippen molar-refractivity contribution in [1.29, 1.82) is 0 Å². The van der Waals surface area contributed by atoms with E-state index in [9.17, 15) is 24.6 Å². The van der Waals surface area contributed by atoms with Crippen molar-refractivity contribution in [3.8, 4) is 16.9 Å². The van der Waals surface area contributed by atoms with Crippen LogP contribution in [0.1, 0.15) is 29.9 Å². The van der Waals surface area contributed by atoms with Crippen LogP contribution in [0, 0.1) is 5.41 Å². The van der Waals surface area contributed by atoms with Crippen molar-refractivity contribution in [2.75, 3.05) is 6.54 Å². The number of carboxylic acids is 1. The van der Waals surface area contributed by atoms with Crippen molar-refractivity contribution in [3.05, 3.63) is 94.5 Å². The van der Waals surface area contributed by atoms with Gasteiger partial charge >= 0.3 is 5.97 Å². The maximum Gasteiger partial charge on any atom is 0.310 e. The Balaban J connectivity index is 1.80. The standard InChI is InChI=1S/C28H27N3O5/c1-28(2,27(35)36)17-30-25(33)23-24(32)21-15-20(19-11-7-4-8-12-19)26(34)31(22(21)16-29-23)14-13-18-9-5-3-6-10-18/h3-12,15-16,32H,13-14,17H2,1-2H3,(H,30,33)(H,35,36). The molecule has 0 radical (unpaired) electrons. The van der Waals surface area contributed by atoms with E-state index in [1.165, 1.54) is 20.0 Å². The fourth-order valence-electron chi connectivity index (χ4n) is 3.88. The second-order valence-corrected chi connectivity index (χ2v) is 9.24. The van der Waals surface area contributed by atoms with Crippen LogP contribution in [0.3, 0.4) is 0 Å². The molecule has 36 heavy (non-hydrogen) atoms. The molecule has 0 unspecified atom stereocenters. The summed E-state index contributed by atoms with van der Waals surface area (Å²) in [4.78, 5) is 41.8. The minimum Gasteiger partial charge on any atom is -0.505 e. The lowest BCUT2D eigenvalue weighted by atomic mass is 9.94. The van der Waals surface area contributed by atoms with Gasteiger partial charge in [0.2, 0.25) is 0 Å². The highest BCUT2D eigenvalue weighted by molar-refractivity contribution is 6.01. The number of aromatic nitrogens is 2. The Bertz CT molecular complexity index is 1480. The first-order chi connectivity index (χ1) is 17.2. The van der Waals surface area contributed by atoms with Gasteiger partial charge in [-0.15, -0.1) is 0 Å². The molecule has 8 nitrogen and oxygen atoms in total. The van der Waals surface area contributed by atoms with Crippen molar-refractivity contribution < 1.29 is 19.8 Å². The normalized spacial score (nSPS) is 11.4. The molecular formula is C28H27N3O5. The lowest BCUT2D eigenvalue weighted by molar-refractivity contribution is -0.146. The van der Waals surface area contributed by atoms with Gasteiger partial charge in [0.05, 0.1) is 17.1 Å². The van der Waals surface area contributed by atoms with E-state index < -0.39 is 17.3 Å². The van der Waals surface area contributed by atoms with Gasteiger partial charge in [-0.1, -0.05) is 60.7 Å². The van der Waals surface area contributed by atoms with Gasteiger partial charge in [0.15, 0.2) is 11.4 Å². The maximum absolute atomic E-state index is 13.5. The monoisotopic (exact) mass is 485 g/mol. The van der Waals surface area contributed by atoms with E-state index in [1.54, 1.807) is 10.6 Å². The smallest absolute Gasteiger partial charge is 0.310 e. The molecule has 4 rings (SSSR count). The molecule has 8 heteroatoms. The molecule has 2 aromatic heterocycles. The Morgan fingerprint density at radius 3 is 2.31 bits per heavy atom. The summed E-state index contributed by atoms with van der Waals surface area (Å²) >= 11 is 0. The maximum atomic E-state index is 13.5. The highest BCUT2D eigenvalue weighted by Gasteiger charge is 2.29. The van der Waals surface area contributed by atoms with Crippen LogP contribution in [0.4, 0.5) is 0 Å². The number of aliphatic carboxylic acids is 1. The fraction of sp³-hybridized carbons (Fsp3) is 0.214. The van der Waals surface area contributed by atoms with Gasteiger partial charge in [0.25, 0.3) is 11.5 Å². The summed E-state index contributed by atoms with van der Waals surface area (Å²) in [5.41, 5.74) is 0.856. The fourth-order valence-corrected chi connectivity index (χ4v) is 3.88. The summed E-state index contributed by atoms with van der Waals surface area (Å²) < 4.78 is 1.56. The number of hydrogen-bond acceptors (Lipinski definition) is 5. The third-order valence-electron chi connectivity index (χ3n) is 6.16.